The lowest BCUT2D eigenvalue weighted by molar-refractivity contribution is -0.133. The normalized spacial score (nSPS) is 15.0. The molecule has 1 aromatic rings. The molecule has 1 aromatic carbocycles. The lowest BCUT2D eigenvalue weighted by atomic mass is 10.1. The fourth-order valence-electron chi connectivity index (χ4n) is 1.46. The number of carbonyl (C=O) groups is 2. The molecule has 0 bridgehead atoms. The third-order valence-corrected chi connectivity index (χ3v) is 3.03. The Morgan fingerprint density at radius 3 is 2.67 bits per heavy atom. The molecular weight excluding hydrogens is 252 g/mol. The highest BCUT2D eigenvalue weighted by atomic mass is 32.2. The van der Waals surface area contributed by atoms with Crippen LogP contribution in [0.15, 0.2) is 40.3 Å². The van der Waals surface area contributed by atoms with Gasteiger partial charge >= 0.3 is 5.97 Å². The van der Waals surface area contributed by atoms with Gasteiger partial charge in [-0.05, 0) is 5.56 Å². The topological polar surface area (TPSA) is 79.1 Å². The molecule has 0 saturated heterocycles. The Bertz CT molecular complexity index is 538. The van der Waals surface area contributed by atoms with Crippen LogP contribution < -0.4 is 0 Å². The van der Waals surface area contributed by atoms with Gasteiger partial charge in [-0.2, -0.15) is 4.99 Å². The number of carboxylic acid groups (broad SMARTS) is 1. The van der Waals surface area contributed by atoms with E-state index in [1.165, 1.54) is 0 Å². The quantitative estimate of drug-likeness (QED) is 0.897. The van der Waals surface area contributed by atoms with Gasteiger partial charge in [0, 0.05) is 0 Å². The Morgan fingerprint density at radius 2 is 2.00 bits per heavy atom. The zero-order valence-corrected chi connectivity index (χ0v) is 10.2. The molecule has 1 heterocycles. The van der Waals surface area contributed by atoms with Gasteiger partial charge < -0.3 is 5.11 Å². The second-order valence-electron chi connectivity index (χ2n) is 3.57. The Morgan fingerprint density at radius 1 is 1.28 bits per heavy atom. The molecule has 0 atom stereocenters. The summed E-state index contributed by atoms with van der Waals surface area (Å²) in [6.45, 7) is 0. The van der Waals surface area contributed by atoms with E-state index in [1.807, 2.05) is 30.3 Å². The molecule has 5 nitrogen and oxygen atoms in total. The fraction of sp³-hybridized carbons (Fsp3) is 0.167. The number of benzene rings is 1. The minimum atomic E-state index is -0.961. The molecule has 0 spiro atoms. The number of nitrogens with zero attached hydrogens (tertiary/aromatic N) is 2. The molecule has 0 saturated carbocycles. The highest BCUT2D eigenvalue weighted by molar-refractivity contribution is 8.14. The maximum atomic E-state index is 11.5. The van der Waals surface area contributed by atoms with Gasteiger partial charge in [-0.25, -0.2) is 4.99 Å². The van der Waals surface area contributed by atoms with Gasteiger partial charge in [0.1, 0.15) is 0 Å². The van der Waals surface area contributed by atoms with Crippen molar-refractivity contribution in [3.05, 3.63) is 35.9 Å². The summed E-state index contributed by atoms with van der Waals surface area (Å²) in [7, 11) is 0. The molecule has 0 aromatic heterocycles. The molecule has 2 rings (SSSR count). The molecule has 1 aliphatic heterocycles. The smallest absolute Gasteiger partial charge is 0.313 e. The van der Waals surface area contributed by atoms with Crippen LogP contribution in [0.5, 0.6) is 0 Å². The van der Waals surface area contributed by atoms with Crippen molar-refractivity contribution in [3.8, 4) is 0 Å². The standard InChI is InChI=1S/C12H10N2O3S/c15-10-6-9(8-4-2-1-3-5-8)13-12(14-10)18-7-11(16)17/h1-5H,6-7H2,(H,16,17). The second-order valence-corrected chi connectivity index (χ2v) is 4.51. The number of amides is 1. The van der Waals surface area contributed by atoms with E-state index in [2.05, 4.69) is 9.98 Å². The molecule has 0 aliphatic carbocycles. The summed E-state index contributed by atoms with van der Waals surface area (Å²) >= 11 is 0.950. The summed E-state index contributed by atoms with van der Waals surface area (Å²) in [5.74, 6) is -1.41. The maximum absolute atomic E-state index is 11.5. The number of rotatable bonds is 3. The van der Waals surface area contributed by atoms with E-state index < -0.39 is 5.97 Å². The van der Waals surface area contributed by atoms with Gasteiger partial charge in [0.25, 0.3) is 5.91 Å². The number of amidine groups is 1. The maximum Gasteiger partial charge on any atom is 0.313 e. The zero-order chi connectivity index (χ0) is 13.0. The van der Waals surface area contributed by atoms with Crippen molar-refractivity contribution in [3.63, 3.8) is 0 Å². The van der Waals surface area contributed by atoms with Gasteiger partial charge in [0.05, 0.1) is 17.9 Å². The molecule has 0 fully saturated rings. The van der Waals surface area contributed by atoms with E-state index in [4.69, 9.17) is 5.11 Å². The molecule has 18 heavy (non-hydrogen) atoms. The second kappa shape index (κ2) is 5.59. The Hall–Kier alpha value is -1.95. The van der Waals surface area contributed by atoms with Crippen molar-refractivity contribution in [2.75, 3.05) is 5.75 Å². The van der Waals surface area contributed by atoms with Gasteiger partial charge in [-0.1, -0.05) is 42.1 Å². The van der Waals surface area contributed by atoms with Crippen LogP contribution >= 0.6 is 11.8 Å². The average molecular weight is 262 g/mol. The fourth-order valence-corrected chi connectivity index (χ4v) is 2.05. The van der Waals surface area contributed by atoms with Gasteiger partial charge in [-0.15, -0.1) is 0 Å². The van der Waals surface area contributed by atoms with E-state index in [1.54, 1.807) is 0 Å². The molecule has 1 amide bonds. The minimum absolute atomic E-state index is 0.154. The lowest BCUT2D eigenvalue weighted by Crippen LogP contribution is -2.16. The average Bonchev–Trinajstić information content (AvgIpc) is 2.37. The first-order chi connectivity index (χ1) is 8.65. The molecule has 0 unspecified atom stereocenters. The van der Waals surface area contributed by atoms with Crippen molar-refractivity contribution in [2.24, 2.45) is 9.98 Å². The summed E-state index contributed by atoms with van der Waals surface area (Å²) in [6.07, 6.45) is 0.154. The number of hydrogen-bond acceptors (Lipinski definition) is 4. The number of aliphatic imine (C=N–C) groups is 2. The predicted octanol–water partition coefficient (Wildman–Crippen LogP) is 1.58. The van der Waals surface area contributed by atoms with Crippen LogP contribution in [0.1, 0.15) is 12.0 Å². The largest absolute Gasteiger partial charge is 0.481 e. The summed E-state index contributed by atoms with van der Waals surface area (Å²) < 4.78 is 0. The number of thioether (sulfide) groups is 1. The van der Waals surface area contributed by atoms with Gasteiger partial charge in [-0.3, -0.25) is 9.59 Å². The first-order valence-corrected chi connectivity index (χ1v) is 6.23. The molecule has 6 heteroatoms. The van der Waals surface area contributed by atoms with E-state index >= 15 is 0 Å². The predicted molar refractivity (Wildman–Crippen MR) is 70.1 cm³/mol. The molecule has 92 valence electrons. The molecule has 0 radical (unpaired) electrons. The van der Waals surface area contributed by atoms with Crippen LogP contribution in [0.25, 0.3) is 0 Å². The number of carboxylic acids is 1. The Labute approximate surface area is 108 Å². The van der Waals surface area contributed by atoms with Crippen LogP contribution in [0, 0.1) is 0 Å². The monoisotopic (exact) mass is 262 g/mol. The van der Waals surface area contributed by atoms with Crippen LogP contribution in [-0.4, -0.2) is 33.6 Å². The Balaban J connectivity index is 2.19. The van der Waals surface area contributed by atoms with Crippen molar-refractivity contribution >= 4 is 34.5 Å². The van der Waals surface area contributed by atoms with Crippen molar-refractivity contribution in [2.45, 2.75) is 6.42 Å². The highest BCUT2D eigenvalue weighted by Crippen LogP contribution is 2.15. The molecular formula is C12H10N2O3S. The van der Waals surface area contributed by atoms with E-state index in [0.29, 0.717) is 5.71 Å². The first-order valence-electron chi connectivity index (χ1n) is 5.24. The highest BCUT2D eigenvalue weighted by Gasteiger charge is 2.17. The van der Waals surface area contributed by atoms with Gasteiger partial charge in [0.2, 0.25) is 0 Å². The van der Waals surface area contributed by atoms with E-state index in [9.17, 15) is 9.59 Å². The first kappa shape index (κ1) is 12.5. The van der Waals surface area contributed by atoms with Crippen molar-refractivity contribution < 1.29 is 14.7 Å². The SMILES string of the molecule is O=C(O)CSC1=NC(=O)CC(c2ccccc2)=N1. The summed E-state index contributed by atoms with van der Waals surface area (Å²) in [5.41, 5.74) is 1.48. The van der Waals surface area contributed by atoms with Crippen LogP contribution in [0.2, 0.25) is 0 Å². The van der Waals surface area contributed by atoms with Crippen LogP contribution in [0.4, 0.5) is 0 Å². The summed E-state index contributed by atoms with van der Waals surface area (Å²) in [6, 6.07) is 9.31. The van der Waals surface area contributed by atoms with Crippen LogP contribution in [-0.2, 0) is 9.59 Å². The molecule has 1 N–H and O–H groups in total. The van der Waals surface area contributed by atoms with E-state index in [0.717, 1.165) is 17.3 Å². The van der Waals surface area contributed by atoms with Gasteiger partial charge in [0.15, 0.2) is 5.17 Å². The zero-order valence-electron chi connectivity index (χ0n) is 9.37. The third kappa shape index (κ3) is 3.27. The number of carbonyl (C=O) groups excluding carboxylic acids is 1. The van der Waals surface area contributed by atoms with Crippen LogP contribution in [0.3, 0.4) is 0 Å². The third-order valence-electron chi connectivity index (χ3n) is 2.20. The summed E-state index contributed by atoms with van der Waals surface area (Å²) in [5, 5.41) is 8.80. The Kier molecular flexibility index (Phi) is 3.88. The van der Waals surface area contributed by atoms with E-state index in [-0.39, 0.29) is 23.2 Å². The molecule has 1 aliphatic rings. The summed E-state index contributed by atoms with van der Waals surface area (Å²) in [4.78, 5) is 29.9. The lowest BCUT2D eigenvalue weighted by Gasteiger charge is -2.10. The minimum Gasteiger partial charge on any atom is -0.481 e. The van der Waals surface area contributed by atoms with Crippen molar-refractivity contribution in [1.29, 1.82) is 0 Å². The number of hydrogen-bond donors (Lipinski definition) is 1. The van der Waals surface area contributed by atoms with Crippen molar-refractivity contribution in [1.82, 2.24) is 0 Å². The number of aliphatic carboxylic acids is 1.